The van der Waals surface area contributed by atoms with Crippen molar-refractivity contribution in [2.45, 2.75) is 6.92 Å². The van der Waals surface area contributed by atoms with E-state index in [4.69, 9.17) is 32.3 Å². The van der Waals surface area contributed by atoms with Crippen LogP contribution in [0.3, 0.4) is 0 Å². The molecule has 0 aliphatic carbocycles. The second-order valence-corrected chi connectivity index (χ2v) is 5.69. The van der Waals surface area contributed by atoms with Crippen molar-refractivity contribution in [3.63, 3.8) is 0 Å². The highest BCUT2D eigenvalue weighted by Crippen LogP contribution is 2.32. The van der Waals surface area contributed by atoms with Crippen LogP contribution in [-0.4, -0.2) is 27.8 Å². The van der Waals surface area contributed by atoms with Gasteiger partial charge in [-0.1, -0.05) is 16.8 Å². The van der Waals surface area contributed by atoms with Crippen molar-refractivity contribution in [2.75, 3.05) is 18.2 Å². The second kappa shape index (κ2) is 7.28. The Bertz CT molecular complexity index is 959. The first-order valence-electron chi connectivity index (χ1n) is 7.45. The number of hydrogen-bond acceptors (Lipinski definition) is 8. The van der Waals surface area contributed by atoms with Gasteiger partial charge in [-0.3, -0.25) is 4.79 Å². The molecule has 0 aliphatic rings. The van der Waals surface area contributed by atoms with Crippen LogP contribution in [0, 0.1) is 6.92 Å². The first-order chi connectivity index (χ1) is 12.5. The molecule has 2 aromatic heterocycles. The molecular formula is C16H15ClN6O3. The van der Waals surface area contributed by atoms with E-state index in [1.165, 1.54) is 12.5 Å². The quantitative estimate of drug-likeness (QED) is 0.575. The summed E-state index contributed by atoms with van der Waals surface area (Å²) in [6, 6.07) is 4.94. The third kappa shape index (κ3) is 3.67. The van der Waals surface area contributed by atoms with Crippen LogP contribution in [0.4, 0.5) is 11.6 Å². The minimum atomic E-state index is -0.355. The minimum Gasteiger partial charge on any atom is -0.473 e. The minimum absolute atomic E-state index is 0.0621. The van der Waals surface area contributed by atoms with E-state index in [1.807, 2.05) is 0 Å². The smallest absolute Gasteiger partial charge is 0.259 e. The van der Waals surface area contributed by atoms with E-state index in [1.54, 1.807) is 25.1 Å². The molecule has 0 spiro atoms. The van der Waals surface area contributed by atoms with Crippen LogP contribution in [0.15, 0.2) is 35.2 Å². The number of ether oxygens (including phenoxy) is 1. The van der Waals surface area contributed by atoms with Crippen molar-refractivity contribution in [3.05, 3.63) is 46.9 Å². The number of rotatable bonds is 5. The van der Waals surface area contributed by atoms with Crippen molar-refractivity contribution in [3.8, 4) is 17.0 Å². The lowest BCUT2D eigenvalue weighted by Gasteiger charge is -2.11. The van der Waals surface area contributed by atoms with E-state index in [0.29, 0.717) is 33.3 Å². The molecule has 0 saturated heterocycles. The number of nitrogen functional groups attached to an aromatic ring is 2. The summed E-state index contributed by atoms with van der Waals surface area (Å²) >= 11 is 6.21. The Kier molecular flexibility index (Phi) is 4.90. The molecule has 2 heterocycles. The topological polar surface area (TPSA) is 142 Å². The van der Waals surface area contributed by atoms with Gasteiger partial charge in [0.25, 0.3) is 5.91 Å². The van der Waals surface area contributed by atoms with Crippen LogP contribution in [0.25, 0.3) is 11.3 Å². The van der Waals surface area contributed by atoms with E-state index in [0.717, 1.165) is 0 Å². The van der Waals surface area contributed by atoms with Crippen molar-refractivity contribution < 1.29 is 14.1 Å². The molecule has 9 nitrogen and oxygen atoms in total. The van der Waals surface area contributed by atoms with Crippen molar-refractivity contribution >= 4 is 29.1 Å². The van der Waals surface area contributed by atoms with Gasteiger partial charge >= 0.3 is 0 Å². The average Bonchev–Trinajstić information content (AvgIpc) is 3.03. The molecule has 26 heavy (non-hydrogen) atoms. The lowest BCUT2D eigenvalue weighted by atomic mass is 10.1. The van der Waals surface area contributed by atoms with Gasteiger partial charge in [0.1, 0.15) is 29.1 Å². The number of amides is 1. The van der Waals surface area contributed by atoms with Gasteiger partial charge in [-0.2, -0.15) is 0 Å². The van der Waals surface area contributed by atoms with E-state index < -0.39 is 0 Å². The Balaban J connectivity index is 1.72. The number of aromatic nitrogens is 3. The van der Waals surface area contributed by atoms with E-state index in [9.17, 15) is 4.79 Å². The molecule has 3 aromatic rings. The maximum absolute atomic E-state index is 12.0. The fourth-order valence-corrected chi connectivity index (χ4v) is 2.40. The van der Waals surface area contributed by atoms with Crippen LogP contribution in [0.2, 0.25) is 5.02 Å². The summed E-state index contributed by atoms with van der Waals surface area (Å²) in [5.41, 5.74) is 13.2. The number of hydrogen-bond donors (Lipinski definition) is 3. The van der Waals surface area contributed by atoms with E-state index >= 15 is 0 Å². The number of nitrogens with one attached hydrogen (secondary N) is 1. The largest absolute Gasteiger partial charge is 0.473 e. The van der Waals surface area contributed by atoms with E-state index in [2.05, 4.69) is 20.4 Å². The standard InChI is InChI=1S/C16H15ClN6O3/c1-8-11(6-26-23-8)16(24)21-7-25-9-2-3-12(17)10(4-9)14-15(19)22-13(18)5-20-14/h2-6H,7H2,1H3,(H,21,24)(H4,18,19,22). The number of anilines is 2. The normalized spacial score (nSPS) is 10.5. The fraction of sp³-hybridized carbons (Fsp3) is 0.125. The Hall–Kier alpha value is -3.33. The number of nitrogens with two attached hydrogens (primary N) is 2. The molecule has 5 N–H and O–H groups in total. The summed E-state index contributed by atoms with van der Waals surface area (Å²) < 4.78 is 10.3. The van der Waals surface area contributed by atoms with Gasteiger partial charge in [0.05, 0.1) is 16.9 Å². The van der Waals surface area contributed by atoms with Crippen LogP contribution in [-0.2, 0) is 0 Å². The van der Waals surface area contributed by atoms with Crippen LogP contribution < -0.4 is 21.5 Å². The predicted molar refractivity (Wildman–Crippen MR) is 95.5 cm³/mol. The second-order valence-electron chi connectivity index (χ2n) is 5.28. The molecule has 1 amide bonds. The van der Waals surface area contributed by atoms with Crippen molar-refractivity contribution in [2.24, 2.45) is 0 Å². The third-order valence-electron chi connectivity index (χ3n) is 3.48. The van der Waals surface area contributed by atoms with Gasteiger partial charge in [0.15, 0.2) is 12.5 Å². The average molecular weight is 375 g/mol. The van der Waals surface area contributed by atoms with Gasteiger partial charge in [0, 0.05) is 5.56 Å². The number of benzene rings is 1. The molecular weight excluding hydrogens is 360 g/mol. The molecule has 10 heteroatoms. The molecule has 0 radical (unpaired) electrons. The van der Waals surface area contributed by atoms with Gasteiger partial charge < -0.3 is 26.0 Å². The van der Waals surface area contributed by atoms with Crippen LogP contribution >= 0.6 is 11.6 Å². The van der Waals surface area contributed by atoms with E-state index in [-0.39, 0.29) is 24.3 Å². The van der Waals surface area contributed by atoms with Gasteiger partial charge in [-0.25, -0.2) is 9.97 Å². The molecule has 0 aliphatic heterocycles. The molecule has 0 unspecified atom stereocenters. The summed E-state index contributed by atoms with van der Waals surface area (Å²) in [6.45, 7) is 1.61. The highest BCUT2D eigenvalue weighted by Gasteiger charge is 2.14. The van der Waals surface area contributed by atoms with Gasteiger partial charge in [-0.05, 0) is 25.1 Å². The first kappa shape index (κ1) is 17.5. The molecule has 0 bridgehead atoms. The summed E-state index contributed by atoms with van der Waals surface area (Å²) in [5, 5.41) is 6.68. The molecule has 0 fully saturated rings. The molecule has 0 atom stereocenters. The number of carbonyl (C=O) groups is 1. The third-order valence-corrected chi connectivity index (χ3v) is 3.81. The van der Waals surface area contributed by atoms with Gasteiger partial charge in [-0.15, -0.1) is 0 Å². The van der Waals surface area contributed by atoms with Crippen LogP contribution in [0.5, 0.6) is 5.75 Å². The SMILES string of the molecule is Cc1nocc1C(=O)NCOc1ccc(Cl)c(-c2ncc(N)nc2N)c1. The zero-order chi connectivity index (χ0) is 18.7. The summed E-state index contributed by atoms with van der Waals surface area (Å²) in [4.78, 5) is 20.1. The molecule has 0 saturated carbocycles. The fourth-order valence-electron chi connectivity index (χ4n) is 2.19. The Morgan fingerprint density at radius 2 is 2.19 bits per heavy atom. The first-order valence-corrected chi connectivity index (χ1v) is 7.83. The summed E-state index contributed by atoms with van der Waals surface area (Å²) in [7, 11) is 0. The Morgan fingerprint density at radius 1 is 1.38 bits per heavy atom. The summed E-state index contributed by atoms with van der Waals surface area (Å²) in [5.74, 6) is 0.471. The zero-order valence-corrected chi connectivity index (χ0v) is 14.4. The van der Waals surface area contributed by atoms with Crippen LogP contribution in [0.1, 0.15) is 16.1 Å². The molecule has 134 valence electrons. The summed E-state index contributed by atoms with van der Waals surface area (Å²) in [6.07, 6.45) is 2.66. The zero-order valence-electron chi connectivity index (χ0n) is 13.7. The maximum atomic E-state index is 12.0. The lowest BCUT2D eigenvalue weighted by Crippen LogP contribution is -2.27. The number of aryl methyl sites for hydroxylation is 1. The Labute approximate surface area is 153 Å². The number of nitrogens with zero attached hydrogens (tertiary/aromatic N) is 3. The van der Waals surface area contributed by atoms with Crippen molar-refractivity contribution in [1.29, 1.82) is 0 Å². The number of carbonyl (C=O) groups excluding carboxylic acids is 1. The monoisotopic (exact) mass is 374 g/mol. The Morgan fingerprint density at radius 3 is 2.88 bits per heavy atom. The van der Waals surface area contributed by atoms with Crippen molar-refractivity contribution in [1.82, 2.24) is 20.4 Å². The number of halogens is 1. The van der Waals surface area contributed by atoms with Gasteiger partial charge in [0.2, 0.25) is 0 Å². The molecule has 3 rings (SSSR count). The lowest BCUT2D eigenvalue weighted by molar-refractivity contribution is 0.0918. The highest BCUT2D eigenvalue weighted by molar-refractivity contribution is 6.33. The maximum Gasteiger partial charge on any atom is 0.259 e. The molecule has 1 aromatic carbocycles. The highest BCUT2D eigenvalue weighted by atomic mass is 35.5. The predicted octanol–water partition coefficient (Wildman–Crippen LogP) is 2.02.